The van der Waals surface area contributed by atoms with E-state index < -0.39 is 0 Å². The molecule has 0 aliphatic heterocycles. The molecule has 1 aromatic heterocycles. The molecular weight excluding hydrogens is 364 g/mol. The van der Waals surface area contributed by atoms with Crippen molar-refractivity contribution in [1.29, 1.82) is 0 Å². The van der Waals surface area contributed by atoms with E-state index >= 15 is 0 Å². The van der Waals surface area contributed by atoms with Gasteiger partial charge in [-0.2, -0.15) is 0 Å². The van der Waals surface area contributed by atoms with Crippen molar-refractivity contribution in [2.75, 3.05) is 6.26 Å². The van der Waals surface area contributed by atoms with E-state index in [0.717, 1.165) is 41.2 Å². The fourth-order valence-corrected chi connectivity index (χ4v) is 4.81. The van der Waals surface area contributed by atoms with Crippen LogP contribution in [-0.2, 0) is 24.8 Å². The first-order chi connectivity index (χ1) is 13.6. The van der Waals surface area contributed by atoms with E-state index in [1.807, 2.05) is 35.1 Å². The monoisotopic (exact) mass is 390 g/mol. The number of hydrogen-bond donors (Lipinski definition) is 0. The molecule has 0 saturated heterocycles. The molecule has 4 heteroatoms. The summed E-state index contributed by atoms with van der Waals surface area (Å²) in [5, 5.41) is 0.801. The van der Waals surface area contributed by atoms with Gasteiger partial charge in [-0.25, -0.2) is 4.98 Å². The summed E-state index contributed by atoms with van der Waals surface area (Å²) in [7, 11) is 0. The highest BCUT2D eigenvalue weighted by Gasteiger charge is 2.38. The minimum Gasteiger partial charge on any atom is -0.287 e. The van der Waals surface area contributed by atoms with E-state index in [1.165, 1.54) is 11.1 Å². The number of fused-ring (bicyclic) bond motifs is 3. The van der Waals surface area contributed by atoms with Crippen molar-refractivity contribution in [3.05, 3.63) is 81.6 Å². The van der Waals surface area contributed by atoms with Crippen LogP contribution >= 0.6 is 11.8 Å². The number of thioether (sulfide) groups is 1. The Kier molecular flexibility index (Phi) is 5.15. The molecule has 1 heterocycles. The zero-order chi connectivity index (χ0) is 19.7. The van der Waals surface area contributed by atoms with Gasteiger partial charge in [0.1, 0.15) is 0 Å². The molecule has 1 unspecified atom stereocenters. The van der Waals surface area contributed by atoms with Gasteiger partial charge in [-0.15, -0.1) is 0 Å². The highest BCUT2D eigenvalue weighted by Crippen LogP contribution is 2.42. The van der Waals surface area contributed by atoms with Crippen LogP contribution in [0.15, 0.2) is 64.5 Å². The molecule has 1 aliphatic carbocycles. The highest BCUT2D eigenvalue weighted by molar-refractivity contribution is 7.98. The van der Waals surface area contributed by atoms with Crippen LogP contribution in [-0.4, -0.2) is 15.8 Å². The first-order valence-corrected chi connectivity index (χ1v) is 11.1. The lowest BCUT2D eigenvalue weighted by atomic mass is 9.69. The zero-order valence-corrected chi connectivity index (χ0v) is 17.6. The van der Waals surface area contributed by atoms with Gasteiger partial charge in [-0.05, 0) is 36.6 Å². The quantitative estimate of drug-likeness (QED) is 0.449. The van der Waals surface area contributed by atoms with Gasteiger partial charge in [-0.1, -0.05) is 80.2 Å². The summed E-state index contributed by atoms with van der Waals surface area (Å²) < 4.78 is 1.89. The lowest BCUT2D eigenvalue weighted by molar-refractivity contribution is 0.427. The second kappa shape index (κ2) is 7.59. The topological polar surface area (TPSA) is 34.9 Å². The molecule has 144 valence electrons. The van der Waals surface area contributed by atoms with Gasteiger partial charge >= 0.3 is 0 Å². The molecule has 0 radical (unpaired) electrons. The maximum atomic E-state index is 13.7. The number of aromatic nitrogens is 2. The average molecular weight is 391 g/mol. The van der Waals surface area contributed by atoms with Gasteiger partial charge in [0.2, 0.25) is 0 Å². The number of hydrogen-bond acceptors (Lipinski definition) is 3. The molecule has 0 fully saturated rings. The van der Waals surface area contributed by atoms with Gasteiger partial charge in [-0.3, -0.25) is 9.36 Å². The van der Waals surface area contributed by atoms with E-state index in [1.54, 1.807) is 11.8 Å². The fourth-order valence-electron chi connectivity index (χ4n) is 4.23. The molecule has 0 amide bonds. The van der Waals surface area contributed by atoms with Gasteiger partial charge in [0.05, 0.1) is 11.3 Å². The van der Waals surface area contributed by atoms with Gasteiger partial charge in [0.25, 0.3) is 5.56 Å². The average Bonchev–Trinajstić information content (AvgIpc) is 2.73. The van der Waals surface area contributed by atoms with Crippen molar-refractivity contribution >= 4 is 11.8 Å². The van der Waals surface area contributed by atoms with Crippen molar-refractivity contribution < 1.29 is 0 Å². The largest absolute Gasteiger partial charge is 0.287 e. The summed E-state index contributed by atoms with van der Waals surface area (Å²) in [4.78, 5) is 18.7. The lowest BCUT2D eigenvalue weighted by Gasteiger charge is -2.35. The lowest BCUT2D eigenvalue weighted by Crippen LogP contribution is -2.40. The van der Waals surface area contributed by atoms with Crippen LogP contribution in [0.25, 0.3) is 11.3 Å². The number of aryl methyl sites for hydroxylation is 1. The molecule has 4 rings (SSSR count). The molecule has 0 bridgehead atoms. The Morgan fingerprint density at radius 1 is 1.11 bits per heavy atom. The molecule has 0 N–H and O–H groups in total. The molecule has 1 atom stereocenters. The molecule has 1 aliphatic rings. The second-order valence-electron chi connectivity index (χ2n) is 7.76. The van der Waals surface area contributed by atoms with Gasteiger partial charge < -0.3 is 0 Å². The van der Waals surface area contributed by atoms with Crippen LogP contribution < -0.4 is 5.56 Å². The van der Waals surface area contributed by atoms with Crippen molar-refractivity contribution in [2.45, 2.75) is 50.2 Å². The summed E-state index contributed by atoms with van der Waals surface area (Å²) in [6, 6.07) is 18.7. The minimum atomic E-state index is -0.181. The second-order valence-corrected chi connectivity index (χ2v) is 8.54. The number of benzene rings is 2. The Bertz CT molecular complexity index is 1060. The summed E-state index contributed by atoms with van der Waals surface area (Å²) in [6.45, 7) is 5.04. The number of nitrogens with zero attached hydrogens (tertiary/aromatic N) is 2. The molecule has 0 spiro atoms. The maximum absolute atomic E-state index is 13.7. The predicted molar refractivity (Wildman–Crippen MR) is 117 cm³/mol. The van der Waals surface area contributed by atoms with Crippen molar-refractivity contribution in [1.82, 2.24) is 9.55 Å². The summed E-state index contributed by atoms with van der Waals surface area (Å²) in [6.07, 6.45) is 4.64. The van der Waals surface area contributed by atoms with Crippen LogP contribution in [0.5, 0.6) is 0 Å². The van der Waals surface area contributed by atoms with Gasteiger partial charge in [0, 0.05) is 17.5 Å². The van der Waals surface area contributed by atoms with E-state index in [-0.39, 0.29) is 11.0 Å². The van der Waals surface area contributed by atoms with Crippen LogP contribution in [0.3, 0.4) is 0 Å². The Labute approximate surface area is 170 Å². The zero-order valence-electron chi connectivity index (χ0n) is 16.7. The van der Waals surface area contributed by atoms with Crippen LogP contribution in [0, 0.1) is 0 Å². The molecule has 3 aromatic rings. The Morgan fingerprint density at radius 2 is 1.82 bits per heavy atom. The van der Waals surface area contributed by atoms with Crippen LogP contribution in [0.2, 0.25) is 0 Å². The normalized spacial score (nSPS) is 17.8. The molecule has 2 aromatic carbocycles. The van der Waals surface area contributed by atoms with Crippen LogP contribution in [0.4, 0.5) is 0 Å². The first-order valence-electron chi connectivity index (χ1n) is 9.89. The first kappa shape index (κ1) is 19.0. The van der Waals surface area contributed by atoms with Crippen molar-refractivity contribution in [3.63, 3.8) is 0 Å². The van der Waals surface area contributed by atoms with E-state index in [2.05, 4.69) is 44.2 Å². The summed E-state index contributed by atoms with van der Waals surface area (Å²) >= 11 is 1.55. The predicted octanol–water partition coefficient (Wildman–Crippen LogP) is 5.10. The third-order valence-corrected chi connectivity index (χ3v) is 6.70. The standard InChI is InChI=1S/C24H26N2OS/c1-4-24(2)16-18-12-8-9-13-19(18)21-20(24)22(27)26(23(25-21)28-3)15-14-17-10-6-5-7-11-17/h5-13H,4,14-16H2,1-3H3. The fraction of sp³-hybridized carbons (Fsp3) is 0.333. The Morgan fingerprint density at radius 3 is 2.54 bits per heavy atom. The number of rotatable bonds is 5. The Hall–Kier alpha value is -2.33. The third-order valence-electron chi connectivity index (χ3n) is 6.02. The van der Waals surface area contributed by atoms with Crippen molar-refractivity contribution in [2.24, 2.45) is 0 Å². The van der Waals surface area contributed by atoms with Gasteiger partial charge in [0.15, 0.2) is 5.16 Å². The molecule has 0 saturated carbocycles. The minimum absolute atomic E-state index is 0.129. The molecule has 28 heavy (non-hydrogen) atoms. The van der Waals surface area contributed by atoms with Crippen LogP contribution in [0.1, 0.15) is 37.0 Å². The SMILES string of the molecule is CCC1(C)Cc2ccccc2-c2nc(SC)n(CCc3ccccc3)c(=O)c21. The van der Waals surface area contributed by atoms with E-state index in [0.29, 0.717) is 6.54 Å². The molecule has 3 nitrogen and oxygen atoms in total. The van der Waals surface area contributed by atoms with E-state index in [9.17, 15) is 4.79 Å². The Balaban J connectivity index is 1.87. The summed E-state index contributed by atoms with van der Waals surface area (Å²) in [5.74, 6) is 0. The van der Waals surface area contributed by atoms with Crippen molar-refractivity contribution in [3.8, 4) is 11.3 Å². The molecular formula is C24H26N2OS. The van der Waals surface area contributed by atoms with E-state index in [4.69, 9.17) is 4.98 Å². The third kappa shape index (κ3) is 3.20. The maximum Gasteiger partial charge on any atom is 0.258 e. The summed E-state index contributed by atoms with van der Waals surface area (Å²) in [5.41, 5.74) is 5.37. The highest BCUT2D eigenvalue weighted by atomic mass is 32.2. The smallest absolute Gasteiger partial charge is 0.258 e.